The normalized spacial score (nSPS) is 17.1. The molecule has 138 valence electrons. The lowest BCUT2D eigenvalue weighted by atomic mass is 10.1. The van der Waals surface area contributed by atoms with Crippen molar-refractivity contribution >= 4 is 11.6 Å². The van der Waals surface area contributed by atoms with Crippen molar-refractivity contribution in [1.82, 2.24) is 25.1 Å². The summed E-state index contributed by atoms with van der Waals surface area (Å²) in [5.41, 5.74) is 2.86. The first-order valence-electron chi connectivity index (χ1n) is 9.12. The van der Waals surface area contributed by atoms with Crippen LogP contribution in [0.4, 0.5) is 5.69 Å². The van der Waals surface area contributed by atoms with Crippen molar-refractivity contribution in [1.29, 1.82) is 0 Å². The Morgan fingerprint density at radius 1 is 1.19 bits per heavy atom. The van der Waals surface area contributed by atoms with Gasteiger partial charge in [0, 0.05) is 24.8 Å². The molecule has 3 aromatic rings. The molecule has 0 radical (unpaired) electrons. The van der Waals surface area contributed by atoms with E-state index in [1.807, 2.05) is 42.5 Å². The van der Waals surface area contributed by atoms with Gasteiger partial charge in [-0.3, -0.25) is 9.69 Å². The Hall–Kier alpha value is -3.06. The first-order valence-corrected chi connectivity index (χ1v) is 9.12. The molecule has 0 aliphatic carbocycles. The third kappa shape index (κ3) is 3.88. The van der Waals surface area contributed by atoms with Crippen molar-refractivity contribution in [2.24, 2.45) is 7.05 Å². The van der Waals surface area contributed by atoms with Gasteiger partial charge in [0.05, 0.1) is 6.04 Å². The number of nitrogens with zero attached hydrogens (tertiary/aromatic N) is 5. The Morgan fingerprint density at radius 3 is 2.81 bits per heavy atom. The van der Waals surface area contributed by atoms with Gasteiger partial charge in [-0.1, -0.05) is 42.5 Å². The number of amides is 1. The van der Waals surface area contributed by atoms with E-state index < -0.39 is 0 Å². The number of aryl methyl sites for hydroxylation is 1. The van der Waals surface area contributed by atoms with Gasteiger partial charge < -0.3 is 5.32 Å². The van der Waals surface area contributed by atoms with Crippen molar-refractivity contribution in [2.75, 3.05) is 11.9 Å². The maximum absolute atomic E-state index is 12.9. The zero-order valence-corrected chi connectivity index (χ0v) is 15.2. The Labute approximate surface area is 158 Å². The lowest BCUT2D eigenvalue weighted by Gasteiger charge is -2.23. The first-order chi connectivity index (χ1) is 13.2. The number of carbonyl (C=O) groups is 1. The second kappa shape index (κ2) is 7.67. The molecule has 27 heavy (non-hydrogen) atoms. The molecule has 1 atom stereocenters. The van der Waals surface area contributed by atoms with Gasteiger partial charge in [0.15, 0.2) is 5.82 Å². The summed E-state index contributed by atoms with van der Waals surface area (Å²) in [6, 6.07) is 17.8. The number of hydrogen-bond donors (Lipinski definition) is 1. The van der Waals surface area contributed by atoms with Crippen LogP contribution in [0.5, 0.6) is 0 Å². The van der Waals surface area contributed by atoms with Gasteiger partial charge in [0.1, 0.15) is 0 Å². The van der Waals surface area contributed by atoms with Crippen LogP contribution in [0.1, 0.15) is 18.4 Å². The van der Waals surface area contributed by atoms with Gasteiger partial charge in [0.25, 0.3) is 0 Å². The standard InChI is InChI=1S/C20H22N6O/c1-25-19(22-23-24-25)16-9-5-10-17(13-16)21-20(27)18-11-6-12-26(18)14-15-7-3-2-4-8-15/h2-5,7-10,13,18H,6,11-12,14H2,1H3,(H,21,27). The van der Waals surface area contributed by atoms with E-state index in [0.717, 1.165) is 37.2 Å². The Bertz CT molecular complexity index is 923. The molecule has 7 nitrogen and oxygen atoms in total. The zero-order chi connectivity index (χ0) is 18.6. The summed E-state index contributed by atoms with van der Waals surface area (Å²) in [7, 11) is 1.79. The minimum absolute atomic E-state index is 0.0386. The minimum Gasteiger partial charge on any atom is -0.325 e. The fraction of sp³-hybridized carbons (Fsp3) is 0.300. The number of benzene rings is 2. The van der Waals surface area contributed by atoms with E-state index in [2.05, 4.69) is 37.9 Å². The molecule has 0 saturated carbocycles. The molecule has 1 amide bonds. The molecule has 2 aromatic carbocycles. The Balaban J connectivity index is 1.46. The third-order valence-electron chi connectivity index (χ3n) is 4.90. The minimum atomic E-state index is -0.106. The number of anilines is 1. The molecule has 1 aliphatic rings. The summed E-state index contributed by atoms with van der Waals surface area (Å²) in [5.74, 6) is 0.703. The highest BCUT2D eigenvalue weighted by atomic mass is 16.2. The van der Waals surface area contributed by atoms with Crippen LogP contribution in [0.2, 0.25) is 0 Å². The van der Waals surface area contributed by atoms with Gasteiger partial charge in [-0.05, 0) is 47.5 Å². The van der Waals surface area contributed by atoms with Crippen LogP contribution in [0.25, 0.3) is 11.4 Å². The lowest BCUT2D eigenvalue weighted by molar-refractivity contribution is -0.120. The van der Waals surface area contributed by atoms with Crippen LogP contribution in [-0.4, -0.2) is 43.6 Å². The van der Waals surface area contributed by atoms with Gasteiger partial charge in [-0.15, -0.1) is 5.10 Å². The smallest absolute Gasteiger partial charge is 0.241 e. The molecule has 1 fully saturated rings. The van der Waals surface area contributed by atoms with Crippen LogP contribution in [0.15, 0.2) is 54.6 Å². The molecule has 4 rings (SSSR count). The second-order valence-corrected chi connectivity index (χ2v) is 6.81. The number of likely N-dealkylation sites (tertiary alicyclic amines) is 1. The monoisotopic (exact) mass is 362 g/mol. The molecule has 1 aromatic heterocycles. The SMILES string of the molecule is Cn1nnnc1-c1cccc(NC(=O)C2CCCN2Cc2ccccc2)c1. The average molecular weight is 362 g/mol. The van der Waals surface area contributed by atoms with Crippen LogP contribution in [-0.2, 0) is 18.4 Å². The van der Waals surface area contributed by atoms with Crippen molar-refractivity contribution in [2.45, 2.75) is 25.4 Å². The molecule has 1 N–H and O–H groups in total. The number of rotatable bonds is 5. The van der Waals surface area contributed by atoms with E-state index in [4.69, 9.17) is 0 Å². The molecule has 0 spiro atoms. The number of tetrazole rings is 1. The highest BCUT2D eigenvalue weighted by Gasteiger charge is 2.30. The van der Waals surface area contributed by atoms with E-state index in [1.54, 1.807) is 11.7 Å². The van der Waals surface area contributed by atoms with Gasteiger partial charge in [-0.25, -0.2) is 4.68 Å². The highest BCUT2D eigenvalue weighted by molar-refractivity contribution is 5.95. The van der Waals surface area contributed by atoms with Crippen molar-refractivity contribution in [3.8, 4) is 11.4 Å². The Kier molecular flexibility index (Phi) is 4.93. The molecule has 7 heteroatoms. The average Bonchev–Trinajstić information content (AvgIpc) is 3.32. The van der Waals surface area contributed by atoms with Crippen molar-refractivity contribution in [3.63, 3.8) is 0 Å². The summed E-state index contributed by atoms with van der Waals surface area (Å²) >= 11 is 0. The molecule has 1 saturated heterocycles. The maximum atomic E-state index is 12.9. The largest absolute Gasteiger partial charge is 0.325 e. The summed E-state index contributed by atoms with van der Waals surface area (Å²) < 4.78 is 1.61. The second-order valence-electron chi connectivity index (χ2n) is 6.81. The van der Waals surface area contributed by atoms with Crippen LogP contribution < -0.4 is 5.32 Å². The first kappa shape index (κ1) is 17.4. The van der Waals surface area contributed by atoms with E-state index in [9.17, 15) is 4.79 Å². The number of nitrogens with one attached hydrogen (secondary N) is 1. The van der Waals surface area contributed by atoms with Gasteiger partial charge in [-0.2, -0.15) is 0 Å². The van der Waals surface area contributed by atoms with Crippen LogP contribution in [0, 0.1) is 0 Å². The lowest BCUT2D eigenvalue weighted by Crippen LogP contribution is -2.39. The third-order valence-corrected chi connectivity index (χ3v) is 4.90. The van der Waals surface area contributed by atoms with E-state index >= 15 is 0 Å². The summed E-state index contributed by atoms with van der Waals surface area (Å²) in [4.78, 5) is 15.1. The summed E-state index contributed by atoms with van der Waals surface area (Å²) in [5, 5.41) is 14.6. The van der Waals surface area contributed by atoms with E-state index in [0.29, 0.717) is 5.82 Å². The fourth-order valence-corrected chi connectivity index (χ4v) is 3.57. The Morgan fingerprint density at radius 2 is 2.04 bits per heavy atom. The highest BCUT2D eigenvalue weighted by Crippen LogP contribution is 2.23. The predicted octanol–water partition coefficient (Wildman–Crippen LogP) is 2.48. The topological polar surface area (TPSA) is 75.9 Å². The van der Waals surface area contributed by atoms with Crippen molar-refractivity contribution in [3.05, 3.63) is 60.2 Å². The number of aromatic nitrogens is 4. The molecular formula is C20H22N6O. The van der Waals surface area contributed by atoms with Crippen LogP contribution >= 0.6 is 0 Å². The predicted molar refractivity (Wildman–Crippen MR) is 103 cm³/mol. The van der Waals surface area contributed by atoms with E-state index in [-0.39, 0.29) is 11.9 Å². The van der Waals surface area contributed by atoms with Crippen molar-refractivity contribution < 1.29 is 4.79 Å². The number of hydrogen-bond acceptors (Lipinski definition) is 5. The van der Waals surface area contributed by atoms with E-state index in [1.165, 1.54) is 5.56 Å². The van der Waals surface area contributed by atoms with Gasteiger partial charge in [0.2, 0.25) is 5.91 Å². The number of carbonyl (C=O) groups excluding carboxylic acids is 1. The summed E-state index contributed by atoms with van der Waals surface area (Å²) in [6.45, 7) is 1.74. The molecule has 1 unspecified atom stereocenters. The molecule has 1 aliphatic heterocycles. The zero-order valence-electron chi connectivity index (χ0n) is 15.2. The molecule has 0 bridgehead atoms. The van der Waals surface area contributed by atoms with Gasteiger partial charge >= 0.3 is 0 Å². The molecular weight excluding hydrogens is 340 g/mol. The molecule has 2 heterocycles. The quantitative estimate of drug-likeness (QED) is 0.755. The van der Waals surface area contributed by atoms with Crippen LogP contribution in [0.3, 0.4) is 0 Å². The fourth-order valence-electron chi connectivity index (χ4n) is 3.57. The summed E-state index contributed by atoms with van der Waals surface area (Å²) in [6.07, 6.45) is 1.92. The maximum Gasteiger partial charge on any atom is 0.241 e.